The Kier molecular flexibility index (Phi) is 18.4. The molecule has 2 heterocycles. The van der Waals surface area contributed by atoms with E-state index < -0.39 is 0 Å². The lowest BCUT2D eigenvalue weighted by molar-refractivity contribution is 0.589. The first kappa shape index (κ1) is 74.4. The summed E-state index contributed by atoms with van der Waals surface area (Å²) in [6.07, 6.45) is 0. The summed E-state index contributed by atoms with van der Waals surface area (Å²) in [5.41, 5.74) is 35.7. The first-order valence-corrected chi connectivity index (χ1v) is 38.8. The predicted molar refractivity (Wildman–Crippen MR) is 461 cm³/mol. The Labute approximate surface area is 633 Å². The average molecular weight is 1380 g/mol. The Bertz CT molecular complexity index is 5020. The van der Waals surface area contributed by atoms with Gasteiger partial charge in [0.15, 0.2) is 0 Å². The highest BCUT2D eigenvalue weighted by atomic mass is 15.2. The van der Waals surface area contributed by atoms with Gasteiger partial charge in [0.1, 0.15) is 0 Å². The van der Waals surface area contributed by atoms with E-state index in [0.29, 0.717) is 0 Å². The zero-order valence-electron chi connectivity index (χ0n) is 68.8. The monoisotopic (exact) mass is 1380 g/mol. The average Bonchev–Trinajstić information content (AvgIpc) is 0.683. The van der Waals surface area contributed by atoms with Crippen molar-refractivity contribution < 1.29 is 0 Å². The number of anilines is 6. The van der Waals surface area contributed by atoms with E-state index in [2.05, 4.69) is 415 Å². The normalized spacial score (nSPS) is 13.8. The minimum atomic E-state index is -0.317. The van der Waals surface area contributed by atoms with E-state index in [-0.39, 0.29) is 55.4 Å². The van der Waals surface area contributed by atoms with Crippen LogP contribution in [0.5, 0.6) is 0 Å². The number of nitrogens with zero attached hydrogens (tertiary/aromatic N) is 2. The third-order valence-corrected chi connectivity index (χ3v) is 22.6. The maximum atomic E-state index is 2.82. The zero-order valence-corrected chi connectivity index (χ0v) is 68.8. The summed E-state index contributed by atoms with van der Waals surface area (Å²) in [6.45, 7) is 64.1. The van der Waals surface area contributed by atoms with Gasteiger partial charge in [0.05, 0.1) is 11.4 Å². The third-order valence-electron chi connectivity index (χ3n) is 22.6. The van der Waals surface area contributed by atoms with E-state index >= 15 is 0 Å². The first-order chi connectivity index (χ1) is 48.7. The van der Waals surface area contributed by atoms with Crippen LogP contribution in [0.2, 0.25) is 0 Å². The minimum absolute atomic E-state index is 0.0767. The lowest BCUT2D eigenvalue weighted by atomic mass is 9.33. The Morgan fingerprint density at radius 3 is 0.819 bits per heavy atom. The van der Waals surface area contributed by atoms with Crippen LogP contribution >= 0.6 is 0 Å². The maximum Gasteiger partial charge on any atom is 0.252 e. The van der Waals surface area contributed by atoms with Crippen molar-refractivity contribution in [2.75, 3.05) is 9.80 Å². The van der Waals surface area contributed by atoms with Gasteiger partial charge >= 0.3 is 0 Å². The molecular weight excluding hydrogens is 1260 g/mol. The smallest absolute Gasteiger partial charge is 0.252 e. The summed E-state index contributed by atoms with van der Waals surface area (Å²) in [5.74, 6) is 0. The fourth-order valence-corrected chi connectivity index (χ4v) is 15.9. The van der Waals surface area contributed by atoms with Crippen LogP contribution in [0, 0.1) is 0 Å². The second-order valence-electron chi connectivity index (χ2n) is 40.1. The molecule has 2 nitrogen and oxygen atoms in total. The quantitative estimate of drug-likeness (QED) is 0.140. The largest absolute Gasteiger partial charge is 0.310 e. The second kappa shape index (κ2) is 26.0. The molecule has 0 bridgehead atoms. The molecule has 2 aliphatic rings. The molecule has 0 unspecified atom stereocenters. The van der Waals surface area contributed by atoms with E-state index in [4.69, 9.17) is 0 Å². The third kappa shape index (κ3) is 14.3. The van der Waals surface area contributed by atoms with Crippen molar-refractivity contribution >= 4 is 57.2 Å². The topological polar surface area (TPSA) is 6.48 Å². The van der Waals surface area contributed by atoms with Crippen LogP contribution in [0.1, 0.15) is 237 Å². The van der Waals surface area contributed by atoms with Crippen LogP contribution in [0.15, 0.2) is 218 Å². The van der Waals surface area contributed by atoms with Gasteiger partial charge in [-0.15, -0.1) is 0 Å². The number of rotatable bonds is 8. The fraction of sp³-hybridized carbons (Fsp3) is 0.353. The Morgan fingerprint density at radius 1 is 0.200 bits per heavy atom. The van der Waals surface area contributed by atoms with E-state index in [1.807, 2.05) is 0 Å². The van der Waals surface area contributed by atoms with E-state index in [1.54, 1.807) is 0 Å². The highest BCUT2D eigenvalue weighted by Crippen LogP contribution is 2.57. The predicted octanol–water partition coefficient (Wildman–Crippen LogP) is 27.4. The Balaban J connectivity index is 1.31. The van der Waals surface area contributed by atoms with Crippen molar-refractivity contribution in [2.24, 2.45) is 0 Å². The number of fused-ring (bicyclic) bond motifs is 4. The molecule has 0 spiro atoms. The molecule has 11 aromatic rings. The zero-order chi connectivity index (χ0) is 76.0. The Morgan fingerprint density at radius 2 is 0.495 bits per heavy atom. The van der Waals surface area contributed by atoms with Gasteiger partial charge in [0, 0.05) is 45.0 Å². The summed E-state index contributed by atoms with van der Waals surface area (Å²) < 4.78 is 0. The molecule has 0 aromatic heterocycles. The minimum Gasteiger partial charge on any atom is -0.310 e. The van der Waals surface area contributed by atoms with Crippen LogP contribution in [-0.4, -0.2) is 6.71 Å². The SMILES string of the molecule is CC(C)(C)c1cccc(-c2cc3c(cc2C(C)(C)C)N(c2c(-c4cccc(C(C)(C)C)c4)cc(C(C)(C)C)cc2-c2cccc(C(C)(C)C)c2)c2cc(C(C)(C)C)cc4c2B3c2cc(-c3ccccc3)ccc2N4c2c(-c3cccc(C(C)(C)C)c3)cc(C(C)(C)C)cc2-c2cccc(C(C)(C)C)c2)c1. The van der Waals surface area contributed by atoms with Crippen molar-refractivity contribution in [2.45, 2.75) is 236 Å². The molecule has 0 saturated carbocycles. The maximum absolute atomic E-state index is 2.82. The molecule has 0 fully saturated rings. The molecule has 538 valence electrons. The van der Waals surface area contributed by atoms with Gasteiger partial charge in [0.2, 0.25) is 0 Å². The molecule has 0 N–H and O–H groups in total. The highest BCUT2D eigenvalue weighted by Gasteiger charge is 2.48. The highest BCUT2D eigenvalue weighted by molar-refractivity contribution is 7.00. The van der Waals surface area contributed by atoms with Crippen molar-refractivity contribution in [1.29, 1.82) is 0 Å². The van der Waals surface area contributed by atoms with Gasteiger partial charge < -0.3 is 9.80 Å². The molecule has 105 heavy (non-hydrogen) atoms. The summed E-state index contributed by atoms with van der Waals surface area (Å²) >= 11 is 0. The van der Waals surface area contributed by atoms with Crippen molar-refractivity contribution in [3.05, 3.63) is 268 Å². The lowest BCUT2D eigenvalue weighted by Crippen LogP contribution is -2.61. The van der Waals surface area contributed by atoms with Crippen LogP contribution in [0.3, 0.4) is 0 Å². The van der Waals surface area contributed by atoms with Crippen molar-refractivity contribution in [3.63, 3.8) is 0 Å². The van der Waals surface area contributed by atoms with Crippen molar-refractivity contribution in [3.8, 4) is 66.8 Å². The summed E-state index contributed by atoms with van der Waals surface area (Å²) in [7, 11) is 0. The fourth-order valence-electron chi connectivity index (χ4n) is 15.9. The molecule has 11 aromatic carbocycles. The summed E-state index contributed by atoms with van der Waals surface area (Å²) in [5, 5.41) is 0. The van der Waals surface area contributed by atoms with Gasteiger partial charge in [-0.3, -0.25) is 0 Å². The van der Waals surface area contributed by atoms with Gasteiger partial charge in [-0.2, -0.15) is 0 Å². The summed E-state index contributed by atoms with van der Waals surface area (Å²) in [4.78, 5) is 5.60. The van der Waals surface area contributed by atoms with Gasteiger partial charge in [0.25, 0.3) is 6.71 Å². The van der Waals surface area contributed by atoms with E-state index in [1.165, 1.54) is 167 Å². The van der Waals surface area contributed by atoms with Crippen LogP contribution in [-0.2, 0) is 48.7 Å². The molecule has 0 radical (unpaired) electrons. The number of hydrogen-bond donors (Lipinski definition) is 0. The first-order valence-electron chi connectivity index (χ1n) is 38.8. The summed E-state index contributed by atoms with van der Waals surface area (Å²) in [6, 6.07) is 87.3. The molecule has 13 rings (SSSR count). The van der Waals surface area contributed by atoms with Gasteiger partial charge in [-0.25, -0.2) is 0 Å². The molecule has 2 aliphatic heterocycles. The lowest BCUT2D eigenvalue weighted by Gasteiger charge is -2.47. The number of benzene rings is 11. The molecule has 0 amide bonds. The van der Waals surface area contributed by atoms with Crippen molar-refractivity contribution in [1.82, 2.24) is 0 Å². The second-order valence-corrected chi connectivity index (χ2v) is 40.1. The van der Waals surface area contributed by atoms with Crippen LogP contribution < -0.4 is 26.2 Å². The Hall–Kier alpha value is -8.92. The van der Waals surface area contributed by atoms with Crippen LogP contribution in [0.25, 0.3) is 66.8 Å². The van der Waals surface area contributed by atoms with E-state index in [0.717, 1.165) is 0 Å². The van der Waals surface area contributed by atoms with Gasteiger partial charge in [-0.05, 0) is 208 Å². The van der Waals surface area contributed by atoms with Gasteiger partial charge in [-0.1, -0.05) is 357 Å². The molecular formula is C102H117BN2. The molecule has 3 heteroatoms. The van der Waals surface area contributed by atoms with E-state index in [9.17, 15) is 0 Å². The van der Waals surface area contributed by atoms with Crippen LogP contribution in [0.4, 0.5) is 34.1 Å². The number of hydrogen-bond acceptors (Lipinski definition) is 2. The molecule has 0 atom stereocenters. The molecule has 0 aliphatic carbocycles. The standard InChI is InChI=1S/C102H117BN2/c1-94(2,3)71-43-31-38-66(50-71)79-62-86-88(63-84(79)102(25,26)27)105(93-82(69-41-34-46-74(53-69)97(10,11)12)58-77(100(19,20)21)59-83(93)70-42-35-47-75(54-70)98(13,14)15)90-61-78(101(22,23)24)60-89-91(90)103(86)85-55-65(64-36-29-28-30-37-64)48-49-87(85)104(89)92-80(67-39-32-44-72(51-67)95(4,5)6)56-76(99(16,17)18)57-81(92)68-40-33-45-73(52-68)96(7,8)9/h28-63H,1-27H3. The molecule has 0 saturated heterocycles.